The first-order valence-electron chi connectivity index (χ1n) is 7.43. The third-order valence-corrected chi connectivity index (χ3v) is 4.09. The van der Waals surface area contributed by atoms with Crippen molar-refractivity contribution in [2.75, 3.05) is 0 Å². The maximum absolute atomic E-state index is 2.44. The predicted molar refractivity (Wildman–Crippen MR) is 88.5 cm³/mol. The van der Waals surface area contributed by atoms with Gasteiger partial charge in [-0.3, -0.25) is 0 Å². The number of hydrogen-bond acceptors (Lipinski definition) is 0. The lowest BCUT2D eigenvalue weighted by atomic mass is 9.86. The van der Waals surface area contributed by atoms with E-state index in [0.29, 0.717) is 6.04 Å². The van der Waals surface area contributed by atoms with Gasteiger partial charge in [0, 0.05) is 27.8 Å². The molecule has 0 spiro atoms. The van der Waals surface area contributed by atoms with Crippen LogP contribution in [-0.2, 0) is 5.41 Å². The Morgan fingerprint density at radius 2 is 1.50 bits per heavy atom. The molecule has 0 aliphatic heterocycles. The summed E-state index contributed by atoms with van der Waals surface area (Å²) in [6.45, 7) is 11.3. The largest absolute Gasteiger partial charge is 0.338 e. The van der Waals surface area contributed by atoms with E-state index in [1.165, 1.54) is 27.4 Å². The number of benzene rings is 2. The molecule has 3 rings (SSSR count). The first kappa shape index (κ1) is 13.2. The molecule has 0 radical (unpaired) electrons. The van der Waals surface area contributed by atoms with Gasteiger partial charge in [0.2, 0.25) is 0 Å². The van der Waals surface area contributed by atoms with Gasteiger partial charge in [0.1, 0.15) is 0 Å². The van der Waals surface area contributed by atoms with Gasteiger partial charge in [0.15, 0.2) is 0 Å². The maximum Gasteiger partial charge on any atom is 0.0494 e. The molecule has 0 atom stereocenters. The Labute approximate surface area is 121 Å². The zero-order valence-electron chi connectivity index (χ0n) is 13.1. The summed E-state index contributed by atoms with van der Waals surface area (Å²) in [5, 5.41) is 2.74. The smallest absolute Gasteiger partial charge is 0.0494 e. The van der Waals surface area contributed by atoms with Crippen molar-refractivity contribution in [2.24, 2.45) is 0 Å². The molecule has 0 fully saturated rings. The van der Waals surface area contributed by atoms with Gasteiger partial charge in [-0.2, -0.15) is 0 Å². The van der Waals surface area contributed by atoms with E-state index in [9.17, 15) is 0 Å². The molecular weight excluding hydrogens is 242 g/mol. The van der Waals surface area contributed by atoms with Crippen LogP contribution in [-0.4, -0.2) is 4.57 Å². The summed E-state index contributed by atoms with van der Waals surface area (Å²) in [6, 6.07) is 16.1. The fraction of sp³-hybridized carbons (Fsp3) is 0.368. The van der Waals surface area contributed by atoms with Crippen LogP contribution in [0.1, 0.15) is 46.2 Å². The number of fused-ring (bicyclic) bond motifs is 3. The molecule has 0 bridgehead atoms. The fourth-order valence-electron chi connectivity index (χ4n) is 3.03. The van der Waals surface area contributed by atoms with Gasteiger partial charge >= 0.3 is 0 Å². The molecule has 0 saturated heterocycles. The monoisotopic (exact) mass is 265 g/mol. The van der Waals surface area contributed by atoms with E-state index in [2.05, 4.69) is 81.7 Å². The molecule has 0 amide bonds. The van der Waals surface area contributed by atoms with Crippen LogP contribution in [0.25, 0.3) is 21.8 Å². The Kier molecular flexibility index (Phi) is 2.89. The van der Waals surface area contributed by atoms with Gasteiger partial charge in [0.05, 0.1) is 0 Å². The standard InChI is InChI=1S/C19H23N/c1-13(2)20-17-9-7-6-8-15(17)16-12-14(19(3,4)5)10-11-18(16)20/h6-13H,1-5H3. The van der Waals surface area contributed by atoms with Crippen molar-refractivity contribution in [3.8, 4) is 0 Å². The molecule has 20 heavy (non-hydrogen) atoms. The van der Waals surface area contributed by atoms with Crippen LogP contribution < -0.4 is 0 Å². The zero-order chi connectivity index (χ0) is 14.5. The minimum Gasteiger partial charge on any atom is -0.338 e. The molecule has 1 nitrogen and oxygen atoms in total. The van der Waals surface area contributed by atoms with Crippen LogP contribution in [0.15, 0.2) is 42.5 Å². The summed E-state index contributed by atoms with van der Waals surface area (Å²) in [7, 11) is 0. The van der Waals surface area contributed by atoms with E-state index in [0.717, 1.165) is 0 Å². The Balaban J connectivity index is 2.44. The highest BCUT2D eigenvalue weighted by atomic mass is 15.0. The fourth-order valence-corrected chi connectivity index (χ4v) is 3.03. The van der Waals surface area contributed by atoms with Crippen molar-refractivity contribution in [3.05, 3.63) is 48.0 Å². The minimum absolute atomic E-state index is 0.190. The van der Waals surface area contributed by atoms with E-state index in [4.69, 9.17) is 0 Å². The minimum atomic E-state index is 0.190. The van der Waals surface area contributed by atoms with Crippen LogP contribution in [0.4, 0.5) is 0 Å². The van der Waals surface area contributed by atoms with E-state index in [1.807, 2.05) is 0 Å². The molecular formula is C19H23N. The summed E-state index contributed by atoms with van der Waals surface area (Å²) >= 11 is 0. The van der Waals surface area contributed by atoms with Gasteiger partial charge < -0.3 is 4.57 Å². The van der Waals surface area contributed by atoms with Crippen LogP contribution in [0, 0.1) is 0 Å². The molecule has 0 saturated carbocycles. The van der Waals surface area contributed by atoms with Crippen molar-refractivity contribution in [2.45, 2.75) is 46.1 Å². The van der Waals surface area contributed by atoms with Crippen molar-refractivity contribution < 1.29 is 0 Å². The maximum atomic E-state index is 2.44. The Morgan fingerprint density at radius 1 is 0.850 bits per heavy atom. The van der Waals surface area contributed by atoms with E-state index in [1.54, 1.807) is 0 Å². The van der Waals surface area contributed by atoms with Gasteiger partial charge in [0.25, 0.3) is 0 Å². The van der Waals surface area contributed by atoms with Crippen LogP contribution in [0.5, 0.6) is 0 Å². The summed E-state index contributed by atoms with van der Waals surface area (Å²) < 4.78 is 2.44. The molecule has 3 aromatic rings. The number of nitrogens with zero attached hydrogens (tertiary/aromatic N) is 1. The van der Waals surface area contributed by atoms with Gasteiger partial charge in [-0.1, -0.05) is 45.0 Å². The lowest BCUT2D eigenvalue weighted by Gasteiger charge is -2.19. The van der Waals surface area contributed by atoms with Gasteiger partial charge in [-0.05, 0) is 43.0 Å². The van der Waals surface area contributed by atoms with Crippen molar-refractivity contribution in [1.29, 1.82) is 0 Å². The second kappa shape index (κ2) is 4.37. The quantitative estimate of drug-likeness (QED) is 0.534. The van der Waals surface area contributed by atoms with Crippen LogP contribution in [0.3, 0.4) is 0 Å². The van der Waals surface area contributed by atoms with E-state index in [-0.39, 0.29) is 5.41 Å². The highest BCUT2D eigenvalue weighted by Gasteiger charge is 2.17. The second-order valence-corrected chi connectivity index (χ2v) is 6.96. The van der Waals surface area contributed by atoms with Crippen LogP contribution >= 0.6 is 0 Å². The summed E-state index contributed by atoms with van der Waals surface area (Å²) in [5.74, 6) is 0. The average molecular weight is 265 g/mol. The normalized spacial score (nSPS) is 12.7. The van der Waals surface area contributed by atoms with Crippen molar-refractivity contribution in [3.63, 3.8) is 0 Å². The van der Waals surface area contributed by atoms with Crippen molar-refractivity contribution >= 4 is 21.8 Å². The topological polar surface area (TPSA) is 4.93 Å². The predicted octanol–water partition coefficient (Wildman–Crippen LogP) is 5.67. The average Bonchev–Trinajstić information content (AvgIpc) is 2.71. The number of aromatic nitrogens is 1. The number of rotatable bonds is 1. The SMILES string of the molecule is CC(C)n1c2ccccc2c2cc(C(C)(C)C)ccc21. The Morgan fingerprint density at radius 3 is 2.15 bits per heavy atom. The molecule has 0 aliphatic carbocycles. The third-order valence-electron chi connectivity index (χ3n) is 4.09. The first-order valence-corrected chi connectivity index (χ1v) is 7.43. The highest BCUT2D eigenvalue weighted by molar-refractivity contribution is 6.08. The number of para-hydroxylation sites is 1. The van der Waals surface area contributed by atoms with Crippen LogP contribution in [0.2, 0.25) is 0 Å². The molecule has 104 valence electrons. The zero-order valence-corrected chi connectivity index (χ0v) is 13.1. The first-order chi connectivity index (χ1) is 9.39. The van der Waals surface area contributed by atoms with Gasteiger partial charge in [-0.15, -0.1) is 0 Å². The lowest BCUT2D eigenvalue weighted by molar-refractivity contribution is 0.591. The van der Waals surface area contributed by atoms with E-state index >= 15 is 0 Å². The molecule has 0 unspecified atom stereocenters. The Bertz CT molecular complexity index is 769. The molecule has 0 aliphatic rings. The number of hydrogen-bond donors (Lipinski definition) is 0. The molecule has 1 heteroatoms. The summed E-state index contributed by atoms with van der Waals surface area (Å²) in [5.41, 5.74) is 4.27. The summed E-state index contributed by atoms with van der Waals surface area (Å²) in [6.07, 6.45) is 0. The van der Waals surface area contributed by atoms with Crippen molar-refractivity contribution in [1.82, 2.24) is 4.57 Å². The lowest BCUT2D eigenvalue weighted by Crippen LogP contribution is -2.10. The second-order valence-electron chi connectivity index (χ2n) is 6.96. The van der Waals surface area contributed by atoms with Gasteiger partial charge in [-0.25, -0.2) is 0 Å². The third kappa shape index (κ3) is 1.93. The highest BCUT2D eigenvalue weighted by Crippen LogP contribution is 2.34. The molecule has 1 aromatic heterocycles. The summed E-state index contributed by atoms with van der Waals surface area (Å²) in [4.78, 5) is 0. The molecule has 1 heterocycles. The molecule has 0 N–H and O–H groups in total. The van der Waals surface area contributed by atoms with E-state index < -0.39 is 0 Å². The molecule has 2 aromatic carbocycles. The Hall–Kier alpha value is -1.76.